The van der Waals surface area contributed by atoms with Crippen molar-refractivity contribution in [3.05, 3.63) is 65.2 Å². The fourth-order valence-corrected chi connectivity index (χ4v) is 3.23. The van der Waals surface area contributed by atoms with Crippen molar-refractivity contribution in [3.63, 3.8) is 0 Å². The number of aryl methyl sites for hydroxylation is 1. The minimum atomic E-state index is 0.0799. The lowest BCUT2D eigenvalue weighted by Gasteiger charge is -2.05. The van der Waals surface area contributed by atoms with Crippen molar-refractivity contribution in [1.82, 2.24) is 14.8 Å². The normalized spacial score (nSPS) is 10.9. The Bertz CT molecular complexity index is 796. The summed E-state index contributed by atoms with van der Waals surface area (Å²) in [7, 11) is 1.99. The highest BCUT2D eigenvalue weighted by atomic mass is 32.2. The molecule has 1 aromatic heterocycles. The van der Waals surface area contributed by atoms with E-state index in [1.54, 1.807) is 11.8 Å². The summed E-state index contributed by atoms with van der Waals surface area (Å²) < 4.78 is 2.03. The molecule has 23 heavy (non-hydrogen) atoms. The molecular weight excluding hydrogens is 306 g/mol. The third kappa shape index (κ3) is 3.63. The third-order valence-electron chi connectivity index (χ3n) is 3.68. The van der Waals surface area contributed by atoms with Gasteiger partial charge in [0.15, 0.2) is 11.0 Å². The van der Waals surface area contributed by atoms with E-state index in [-0.39, 0.29) is 6.61 Å². The lowest BCUT2D eigenvalue weighted by atomic mass is 10.1. The summed E-state index contributed by atoms with van der Waals surface area (Å²) in [5, 5.41) is 18.6. The van der Waals surface area contributed by atoms with Gasteiger partial charge >= 0.3 is 0 Å². The lowest BCUT2D eigenvalue weighted by molar-refractivity contribution is 0.282. The van der Waals surface area contributed by atoms with Crippen LogP contribution < -0.4 is 0 Å². The van der Waals surface area contributed by atoms with Crippen molar-refractivity contribution in [2.45, 2.75) is 24.4 Å². The van der Waals surface area contributed by atoms with Gasteiger partial charge in [-0.3, -0.25) is 0 Å². The van der Waals surface area contributed by atoms with Crippen LogP contribution in [0.25, 0.3) is 11.4 Å². The van der Waals surface area contributed by atoms with Gasteiger partial charge in [-0.1, -0.05) is 59.8 Å². The van der Waals surface area contributed by atoms with Crippen LogP contribution in [0, 0.1) is 6.92 Å². The van der Waals surface area contributed by atoms with Crippen molar-refractivity contribution in [1.29, 1.82) is 0 Å². The van der Waals surface area contributed by atoms with E-state index in [1.807, 2.05) is 41.9 Å². The zero-order valence-corrected chi connectivity index (χ0v) is 14.0. The van der Waals surface area contributed by atoms with E-state index in [9.17, 15) is 0 Å². The molecule has 0 saturated carbocycles. The van der Waals surface area contributed by atoms with Crippen molar-refractivity contribution in [3.8, 4) is 11.4 Å². The van der Waals surface area contributed by atoms with Gasteiger partial charge in [-0.15, -0.1) is 10.2 Å². The Kier molecular flexibility index (Phi) is 4.79. The summed E-state index contributed by atoms with van der Waals surface area (Å²) in [5.41, 5.74) is 4.43. The Morgan fingerprint density at radius 3 is 2.48 bits per heavy atom. The molecule has 0 bridgehead atoms. The van der Waals surface area contributed by atoms with Crippen LogP contribution in [0.5, 0.6) is 0 Å². The summed E-state index contributed by atoms with van der Waals surface area (Å²) in [6.07, 6.45) is 0. The van der Waals surface area contributed by atoms with Crippen LogP contribution in [0.15, 0.2) is 53.7 Å². The average Bonchev–Trinajstić information content (AvgIpc) is 2.94. The molecule has 0 aliphatic heterocycles. The second kappa shape index (κ2) is 6.98. The second-order valence-corrected chi connectivity index (χ2v) is 6.44. The maximum absolute atomic E-state index is 9.08. The first kappa shape index (κ1) is 15.8. The fraction of sp³-hybridized carbons (Fsp3) is 0.222. The lowest BCUT2D eigenvalue weighted by Crippen LogP contribution is -1.95. The minimum Gasteiger partial charge on any atom is -0.392 e. The van der Waals surface area contributed by atoms with Gasteiger partial charge in [0.25, 0.3) is 0 Å². The summed E-state index contributed by atoms with van der Waals surface area (Å²) >= 11 is 1.66. The smallest absolute Gasteiger partial charge is 0.191 e. The van der Waals surface area contributed by atoms with Gasteiger partial charge in [0.2, 0.25) is 0 Å². The zero-order chi connectivity index (χ0) is 16.2. The number of aliphatic hydroxyl groups excluding tert-OH is 1. The summed E-state index contributed by atoms with van der Waals surface area (Å²) in [6.45, 7) is 2.15. The quantitative estimate of drug-likeness (QED) is 0.729. The highest BCUT2D eigenvalue weighted by Crippen LogP contribution is 2.25. The molecular formula is C18H19N3OS. The minimum absolute atomic E-state index is 0.0799. The number of hydrogen-bond donors (Lipinski definition) is 1. The van der Waals surface area contributed by atoms with Crippen LogP contribution in [0.1, 0.15) is 16.7 Å². The van der Waals surface area contributed by atoms with Gasteiger partial charge in [-0.2, -0.15) is 0 Å². The molecule has 0 aliphatic carbocycles. The third-order valence-corrected chi connectivity index (χ3v) is 4.78. The maximum Gasteiger partial charge on any atom is 0.191 e. The highest BCUT2D eigenvalue weighted by molar-refractivity contribution is 7.98. The Morgan fingerprint density at radius 1 is 1.04 bits per heavy atom. The summed E-state index contributed by atoms with van der Waals surface area (Å²) in [5.74, 6) is 1.71. The predicted molar refractivity (Wildman–Crippen MR) is 93.1 cm³/mol. The number of hydrogen-bond acceptors (Lipinski definition) is 4. The van der Waals surface area contributed by atoms with Crippen LogP contribution in [0.4, 0.5) is 0 Å². The Labute approximate surface area is 140 Å². The number of aromatic nitrogens is 3. The van der Waals surface area contributed by atoms with Gasteiger partial charge in [0, 0.05) is 18.4 Å². The summed E-state index contributed by atoms with van der Waals surface area (Å²) in [4.78, 5) is 0. The predicted octanol–water partition coefficient (Wildman–Crippen LogP) is 3.58. The van der Waals surface area contributed by atoms with E-state index in [0.717, 1.165) is 27.9 Å². The SMILES string of the molecule is Cc1cccc(-c2nnc(SCc3ccc(CO)cc3)n2C)c1. The van der Waals surface area contributed by atoms with Gasteiger partial charge < -0.3 is 9.67 Å². The van der Waals surface area contributed by atoms with Crippen LogP contribution in [0.3, 0.4) is 0 Å². The Hall–Kier alpha value is -2.11. The Balaban J connectivity index is 1.74. The molecule has 0 fully saturated rings. The van der Waals surface area contributed by atoms with E-state index in [2.05, 4.69) is 35.3 Å². The van der Waals surface area contributed by atoms with Crippen molar-refractivity contribution >= 4 is 11.8 Å². The molecule has 118 valence electrons. The number of aliphatic hydroxyl groups is 1. The molecule has 3 aromatic rings. The van der Waals surface area contributed by atoms with Crippen LogP contribution in [-0.4, -0.2) is 19.9 Å². The van der Waals surface area contributed by atoms with Crippen molar-refractivity contribution in [2.75, 3.05) is 0 Å². The molecule has 0 aliphatic rings. The molecule has 1 N–H and O–H groups in total. The number of benzene rings is 2. The van der Waals surface area contributed by atoms with Gasteiger partial charge in [-0.25, -0.2) is 0 Å². The molecule has 0 spiro atoms. The van der Waals surface area contributed by atoms with Crippen LogP contribution >= 0.6 is 11.8 Å². The maximum atomic E-state index is 9.08. The molecule has 0 amide bonds. The number of rotatable bonds is 5. The van der Waals surface area contributed by atoms with Crippen molar-refractivity contribution in [2.24, 2.45) is 7.05 Å². The van der Waals surface area contributed by atoms with Gasteiger partial charge in [-0.05, 0) is 24.1 Å². The number of thioether (sulfide) groups is 1. The molecule has 5 heteroatoms. The first-order valence-corrected chi connectivity index (χ1v) is 8.44. The van der Waals surface area contributed by atoms with E-state index < -0.39 is 0 Å². The van der Waals surface area contributed by atoms with Crippen LogP contribution in [0.2, 0.25) is 0 Å². The molecule has 1 heterocycles. The first-order valence-electron chi connectivity index (χ1n) is 7.45. The largest absolute Gasteiger partial charge is 0.392 e. The van der Waals surface area contributed by atoms with E-state index in [4.69, 9.17) is 5.11 Å². The molecule has 0 unspecified atom stereocenters. The van der Waals surface area contributed by atoms with E-state index in [0.29, 0.717) is 0 Å². The average molecular weight is 325 g/mol. The van der Waals surface area contributed by atoms with Gasteiger partial charge in [0.1, 0.15) is 0 Å². The fourth-order valence-electron chi connectivity index (χ4n) is 2.36. The molecule has 2 aromatic carbocycles. The van der Waals surface area contributed by atoms with Crippen molar-refractivity contribution < 1.29 is 5.11 Å². The molecule has 0 radical (unpaired) electrons. The molecule has 0 saturated heterocycles. The second-order valence-electron chi connectivity index (χ2n) is 5.50. The monoisotopic (exact) mass is 325 g/mol. The Morgan fingerprint density at radius 2 is 1.78 bits per heavy atom. The van der Waals surface area contributed by atoms with Crippen LogP contribution in [-0.2, 0) is 19.4 Å². The first-order chi connectivity index (χ1) is 11.2. The van der Waals surface area contributed by atoms with E-state index >= 15 is 0 Å². The van der Waals surface area contributed by atoms with E-state index in [1.165, 1.54) is 11.1 Å². The summed E-state index contributed by atoms with van der Waals surface area (Å²) in [6, 6.07) is 16.3. The molecule has 3 rings (SSSR count). The van der Waals surface area contributed by atoms with Gasteiger partial charge in [0.05, 0.1) is 6.61 Å². The zero-order valence-electron chi connectivity index (χ0n) is 13.2. The highest BCUT2D eigenvalue weighted by Gasteiger charge is 2.11. The molecule has 0 atom stereocenters. The molecule has 4 nitrogen and oxygen atoms in total. The topological polar surface area (TPSA) is 50.9 Å². The standard InChI is InChI=1S/C18H19N3OS/c1-13-4-3-5-16(10-13)17-19-20-18(21(17)2)23-12-15-8-6-14(11-22)7-9-15/h3-10,22H,11-12H2,1-2H3. The number of nitrogens with zero attached hydrogens (tertiary/aromatic N) is 3.